The van der Waals surface area contributed by atoms with Gasteiger partial charge in [-0.2, -0.15) is 0 Å². The molecule has 0 amide bonds. The summed E-state index contributed by atoms with van der Waals surface area (Å²) in [6, 6.07) is 1.99. The van der Waals surface area contributed by atoms with Crippen molar-refractivity contribution >= 4 is 0 Å². The highest BCUT2D eigenvalue weighted by Crippen LogP contribution is 2.38. The van der Waals surface area contributed by atoms with Crippen LogP contribution in [0.4, 0.5) is 0 Å². The summed E-state index contributed by atoms with van der Waals surface area (Å²) >= 11 is 0. The largest absolute Gasteiger partial charge is 0.238 e. The van der Waals surface area contributed by atoms with Crippen molar-refractivity contribution in [2.24, 2.45) is 5.92 Å². The lowest BCUT2D eigenvalue weighted by atomic mass is 10.3. The molecule has 1 aromatic heterocycles. The summed E-state index contributed by atoms with van der Waals surface area (Å²) in [6.45, 7) is 2.02. The molecule has 0 aliphatic heterocycles. The molecule has 3 rings (SSSR count). The molecule has 2 fully saturated rings. The van der Waals surface area contributed by atoms with Gasteiger partial charge in [0.15, 0.2) is 0 Å². The van der Waals surface area contributed by atoms with Gasteiger partial charge in [0.1, 0.15) is 11.5 Å². The molecule has 0 aromatic carbocycles. The molecule has 2 aliphatic rings. The van der Waals surface area contributed by atoms with Gasteiger partial charge in [-0.3, -0.25) is 0 Å². The molecule has 0 unspecified atom stereocenters. The third-order valence-electron chi connectivity index (χ3n) is 2.80. The first-order chi connectivity index (χ1) is 7.31. The highest BCUT2D eigenvalue weighted by molar-refractivity contribution is 5.31. The average molecular weight is 198 g/mol. The van der Waals surface area contributed by atoms with E-state index in [9.17, 15) is 0 Å². The maximum Gasteiger partial charge on any atom is 0.133 e. The summed E-state index contributed by atoms with van der Waals surface area (Å²) in [7, 11) is 0. The van der Waals surface area contributed by atoms with Crippen LogP contribution in [0.1, 0.15) is 48.8 Å². The van der Waals surface area contributed by atoms with Crippen LogP contribution in [0, 0.1) is 24.7 Å². The average Bonchev–Trinajstić information content (AvgIpc) is 3.06. The smallest absolute Gasteiger partial charge is 0.133 e. The lowest BCUT2D eigenvalue weighted by molar-refractivity contribution is 0.899. The van der Waals surface area contributed by atoms with Crippen LogP contribution in [0.3, 0.4) is 0 Å². The molecular formula is C13H14N2. The number of rotatable bonds is 1. The van der Waals surface area contributed by atoms with Crippen LogP contribution in [-0.2, 0) is 0 Å². The van der Waals surface area contributed by atoms with E-state index in [1.165, 1.54) is 25.7 Å². The van der Waals surface area contributed by atoms with E-state index in [0.29, 0.717) is 11.8 Å². The monoisotopic (exact) mass is 198 g/mol. The Hall–Kier alpha value is -1.36. The Bertz CT molecular complexity index is 445. The van der Waals surface area contributed by atoms with E-state index in [-0.39, 0.29) is 0 Å². The van der Waals surface area contributed by atoms with Crippen LogP contribution in [0.15, 0.2) is 6.07 Å². The summed E-state index contributed by atoms with van der Waals surface area (Å²) in [5.41, 5.74) is 1.96. The second kappa shape index (κ2) is 3.34. The summed E-state index contributed by atoms with van der Waals surface area (Å²) in [5, 5.41) is 0. The number of aromatic nitrogens is 2. The predicted molar refractivity (Wildman–Crippen MR) is 58.3 cm³/mol. The van der Waals surface area contributed by atoms with Gasteiger partial charge in [0.25, 0.3) is 0 Å². The fraction of sp³-hybridized carbons (Fsp3) is 0.538. The summed E-state index contributed by atoms with van der Waals surface area (Å²) in [4.78, 5) is 8.97. The number of nitrogens with zero attached hydrogens (tertiary/aromatic N) is 2. The quantitative estimate of drug-likeness (QED) is 0.648. The molecule has 2 aliphatic carbocycles. The molecule has 2 saturated carbocycles. The summed E-state index contributed by atoms with van der Waals surface area (Å²) < 4.78 is 0. The number of aryl methyl sites for hydroxylation is 1. The Morgan fingerprint density at radius 1 is 1.20 bits per heavy atom. The van der Waals surface area contributed by atoms with Crippen molar-refractivity contribution in [2.75, 3.05) is 0 Å². The first-order valence-corrected chi connectivity index (χ1v) is 5.68. The van der Waals surface area contributed by atoms with Gasteiger partial charge in [0.05, 0.1) is 0 Å². The van der Waals surface area contributed by atoms with Crippen molar-refractivity contribution in [3.63, 3.8) is 0 Å². The number of hydrogen-bond acceptors (Lipinski definition) is 2. The predicted octanol–water partition coefficient (Wildman–Crippen LogP) is 2.42. The molecule has 15 heavy (non-hydrogen) atoms. The van der Waals surface area contributed by atoms with Gasteiger partial charge in [-0.05, 0) is 44.6 Å². The van der Waals surface area contributed by atoms with Crippen molar-refractivity contribution in [2.45, 2.75) is 38.5 Å². The fourth-order valence-electron chi connectivity index (χ4n) is 1.58. The van der Waals surface area contributed by atoms with E-state index in [1.807, 2.05) is 13.0 Å². The third-order valence-corrected chi connectivity index (χ3v) is 2.80. The van der Waals surface area contributed by atoms with Gasteiger partial charge in [0.2, 0.25) is 0 Å². The molecule has 0 atom stereocenters. The first-order valence-electron chi connectivity index (χ1n) is 5.68. The Labute approximate surface area is 90.1 Å². The lowest BCUT2D eigenvalue weighted by Crippen LogP contribution is -1.97. The molecule has 0 bridgehead atoms. The fourth-order valence-corrected chi connectivity index (χ4v) is 1.58. The Morgan fingerprint density at radius 3 is 2.67 bits per heavy atom. The topological polar surface area (TPSA) is 25.8 Å². The van der Waals surface area contributed by atoms with E-state index in [2.05, 4.69) is 21.8 Å². The second-order valence-electron chi connectivity index (χ2n) is 4.57. The minimum absolute atomic E-state index is 0.617. The SMILES string of the molecule is Cc1cc(C#CC2CC2)nc(C2CC2)n1. The standard InChI is InChI=1S/C13H14N2/c1-9-8-12(7-4-10-2-3-10)15-13(14-9)11-5-6-11/h8,10-11H,2-3,5-6H2,1H3. The summed E-state index contributed by atoms with van der Waals surface area (Å²) in [6.07, 6.45) is 5.04. The number of hydrogen-bond donors (Lipinski definition) is 0. The molecule has 0 saturated heterocycles. The summed E-state index contributed by atoms with van der Waals surface area (Å²) in [5.74, 6) is 8.69. The van der Waals surface area contributed by atoms with E-state index in [4.69, 9.17) is 0 Å². The molecule has 0 N–H and O–H groups in total. The normalized spacial score (nSPS) is 19.5. The second-order valence-corrected chi connectivity index (χ2v) is 4.57. The molecule has 2 heteroatoms. The van der Waals surface area contributed by atoms with Gasteiger partial charge < -0.3 is 0 Å². The highest BCUT2D eigenvalue weighted by atomic mass is 14.9. The molecule has 0 radical (unpaired) electrons. The van der Waals surface area contributed by atoms with Gasteiger partial charge in [-0.1, -0.05) is 5.92 Å². The molecule has 1 heterocycles. The first kappa shape index (κ1) is 8.91. The maximum absolute atomic E-state index is 4.51. The Morgan fingerprint density at radius 2 is 2.00 bits per heavy atom. The zero-order chi connectivity index (χ0) is 10.3. The third kappa shape index (κ3) is 2.18. The molecule has 0 spiro atoms. The van der Waals surface area contributed by atoms with E-state index >= 15 is 0 Å². The maximum atomic E-state index is 4.51. The van der Waals surface area contributed by atoms with E-state index < -0.39 is 0 Å². The zero-order valence-electron chi connectivity index (χ0n) is 8.95. The Balaban J connectivity index is 1.89. The van der Waals surface area contributed by atoms with Gasteiger partial charge in [0, 0.05) is 17.5 Å². The van der Waals surface area contributed by atoms with Gasteiger partial charge >= 0.3 is 0 Å². The van der Waals surface area contributed by atoms with Crippen LogP contribution in [0.25, 0.3) is 0 Å². The van der Waals surface area contributed by atoms with Gasteiger partial charge in [-0.25, -0.2) is 9.97 Å². The lowest BCUT2D eigenvalue weighted by Gasteiger charge is -1.99. The van der Waals surface area contributed by atoms with Crippen molar-refractivity contribution in [3.05, 3.63) is 23.3 Å². The van der Waals surface area contributed by atoms with Crippen LogP contribution < -0.4 is 0 Å². The Kier molecular flexibility index (Phi) is 1.98. The highest BCUT2D eigenvalue weighted by Gasteiger charge is 2.26. The zero-order valence-corrected chi connectivity index (χ0v) is 8.95. The molecular weight excluding hydrogens is 184 g/mol. The van der Waals surface area contributed by atoms with E-state index in [1.54, 1.807) is 0 Å². The van der Waals surface area contributed by atoms with Crippen LogP contribution in [-0.4, -0.2) is 9.97 Å². The van der Waals surface area contributed by atoms with Crippen molar-refractivity contribution in [1.82, 2.24) is 9.97 Å². The molecule has 76 valence electrons. The van der Waals surface area contributed by atoms with E-state index in [0.717, 1.165) is 17.2 Å². The molecule has 2 nitrogen and oxygen atoms in total. The minimum Gasteiger partial charge on any atom is -0.238 e. The van der Waals surface area contributed by atoms with Crippen molar-refractivity contribution < 1.29 is 0 Å². The van der Waals surface area contributed by atoms with Crippen LogP contribution in [0.5, 0.6) is 0 Å². The van der Waals surface area contributed by atoms with Crippen LogP contribution in [0.2, 0.25) is 0 Å². The minimum atomic E-state index is 0.617. The molecule has 1 aromatic rings. The van der Waals surface area contributed by atoms with Gasteiger partial charge in [-0.15, -0.1) is 0 Å². The van der Waals surface area contributed by atoms with Crippen molar-refractivity contribution in [3.8, 4) is 11.8 Å². The van der Waals surface area contributed by atoms with Crippen LogP contribution >= 0.6 is 0 Å². The van der Waals surface area contributed by atoms with Crippen molar-refractivity contribution in [1.29, 1.82) is 0 Å².